The molecule has 47 heavy (non-hydrogen) atoms. The van der Waals surface area contributed by atoms with Crippen LogP contribution in [-0.2, 0) is 30.2 Å². The van der Waals surface area contributed by atoms with Crippen LogP contribution in [0, 0.1) is 0 Å². The third kappa shape index (κ3) is 8.07. The van der Waals surface area contributed by atoms with Gasteiger partial charge in [0.2, 0.25) is 5.95 Å². The summed E-state index contributed by atoms with van der Waals surface area (Å²) in [5.41, 5.74) is 0.958. The van der Waals surface area contributed by atoms with E-state index in [1.165, 1.54) is 24.1 Å². The normalized spacial score (nSPS) is 14.0. The van der Waals surface area contributed by atoms with E-state index in [-0.39, 0.29) is 36.1 Å². The zero-order chi connectivity index (χ0) is 33.9. The van der Waals surface area contributed by atoms with E-state index in [9.17, 15) is 31.4 Å². The Morgan fingerprint density at radius 1 is 0.851 bits per heavy atom. The van der Waals surface area contributed by atoms with Gasteiger partial charge in [-0.05, 0) is 70.6 Å². The molecule has 0 aliphatic carbocycles. The quantitative estimate of drug-likeness (QED) is 0.182. The summed E-state index contributed by atoms with van der Waals surface area (Å²) in [5, 5.41) is 10.2. The lowest BCUT2D eigenvalue weighted by Gasteiger charge is -2.29. The van der Waals surface area contributed by atoms with Crippen LogP contribution in [0.3, 0.4) is 0 Å². The maximum absolute atomic E-state index is 14.0. The van der Waals surface area contributed by atoms with Gasteiger partial charge in [-0.25, -0.2) is 9.97 Å². The second kappa shape index (κ2) is 13.7. The molecule has 7 nitrogen and oxygen atoms in total. The van der Waals surface area contributed by atoms with Gasteiger partial charge >= 0.3 is 12.4 Å². The number of phenols is 1. The summed E-state index contributed by atoms with van der Waals surface area (Å²) in [4.78, 5) is 12.5. The number of alkyl halides is 6. The molecule has 0 atom stereocenters. The largest absolute Gasteiger partial charge is 0.508 e. The fourth-order valence-electron chi connectivity index (χ4n) is 5.47. The van der Waals surface area contributed by atoms with Crippen molar-refractivity contribution in [2.75, 3.05) is 43.2 Å². The van der Waals surface area contributed by atoms with Crippen LogP contribution in [0.15, 0.2) is 67.0 Å². The van der Waals surface area contributed by atoms with E-state index < -0.39 is 29.2 Å². The van der Waals surface area contributed by atoms with Gasteiger partial charge in [0.05, 0.1) is 49.5 Å². The first-order valence-corrected chi connectivity index (χ1v) is 14.9. The second-order valence-electron chi connectivity index (χ2n) is 11.6. The molecule has 5 rings (SSSR count). The number of nitrogens with zero attached hydrogens (tertiary/aromatic N) is 4. The molecule has 2 heterocycles. The number of rotatable bonds is 9. The highest BCUT2D eigenvalue weighted by Crippen LogP contribution is 2.39. The van der Waals surface area contributed by atoms with Crippen LogP contribution >= 0.6 is 0 Å². The number of ether oxygens (including phenoxy) is 2. The molecule has 1 aliphatic heterocycles. The number of hydrogen-bond donors (Lipinski definition) is 1. The van der Waals surface area contributed by atoms with E-state index in [0.717, 1.165) is 23.8 Å². The van der Waals surface area contributed by atoms with E-state index in [1.54, 1.807) is 18.5 Å². The van der Waals surface area contributed by atoms with Crippen molar-refractivity contribution in [1.82, 2.24) is 9.97 Å². The van der Waals surface area contributed by atoms with Crippen LogP contribution in [0.4, 0.5) is 38.0 Å². The molecular weight excluding hydrogens is 626 g/mol. The minimum Gasteiger partial charge on any atom is -0.508 e. The summed E-state index contributed by atoms with van der Waals surface area (Å²) in [6.07, 6.45) is -6.27. The third-order valence-electron chi connectivity index (χ3n) is 7.94. The van der Waals surface area contributed by atoms with E-state index in [2.05, 4.69) is 9.97 Å². The van der Waals surface area contributed by atoms with Crippen molar-refractivity contribution in [3.05, 3.63) is 94.8 Å². The molecule has 0 bridgehead atoms. The number of halogens is 6. The van der Waals surface area contributed by atoms with E-state index in [1.807, 2.05) is 30.9 Å². The van der Waals surface area contributed by atoms with Gasteiger partial charge in [-0.3, -0.25) is 0 Å². The Labute approximate surface area is 268 Å². The van der Waals surface area contributed by atoms with Gasteiger partial charge in [-0.1, -0.05) is 26.0 Å². The molecular formula is C34H34F6N4O3. The number of anilines is 2. The van der Waals surface area contributed by atoms with Gasteiger partial charge in [0.25, 0.3) is 0 Å². The number of phenolic OH excluding ortho intramolecular Hbond substituents is 1. The van der Waals surface area contributed by atoms with Crippen molar-refractivity contribution in [2.45, 2.75) is 45.2 Å². The maximum atomic E-state index is 14.0. The minimum atomic E-state index is -4.74. The molecule has 1 aliphatic rings. The lowest BCUT2D eigenvalue weighted by molar-refractivity contribution is -0.138. The van der Waals surface area contributed by atoms with Crippen molar-refractivity contribution < 1.29 is 40.9 Å². The maximum Gasteiger partial charge on any atom is 0.416 e. The number of aromatic nitrogens is 2. The van der Waals surface area contributed by atoms with Crippen LogP contribution in [-0.4, -0.2) is 48.5 Å². The average molecular weight is 661 g/mol. The van der Waals surface area contributed by atoms with Crippen molar-refractivity contribution in [3.8, 4) is 22.6 Å². The zero-order valence-corrected chi connectivity index (χ0v) is 26.0. The lowest BCUT2D eigenvalue weighted by Crippen LogP contribution is -2.36. The summed E-state index contributed by atoms with van der Waals surface area (Å²) in [6.45, 7) is 5.77. The molecule has 250 valence electrons. The molecule has 0 amide bonds. The van der Waals surface area contributed by atoms with Crippen LogP contribution in [0.5, 0.6) is 11.5 Å². The summed E-state index contributed by atoms with van der Waals surface area (Å²) < 4.78 is 94.1. The molecule has 1 saturated heterocycles. The Balaban J connectivity index is 1.63. The average Bonchev–Trinajstić information content (AvgIpc) is 3.03. The predicted octanol–water partition coefficient (Wildman–Crippen LogP) is 8.06. The van der Waals surface area contributed by atoms with Crippen LogP contribution in [0.1, 0.15) is 47.6 Å². The fraction of sp³-hybridized carbons (Fsp3) is 0.353. The molecule has 3 aromatic carbocycles. The number of aromatic hydroxyl groups is 1. The van der Waals surface area contributed by atoms with E-state index in [0.29, 0.717) is 54.9 Å². The first-order valence-electron chi connectivity index (χ1n) is 14.9. The Morgan fingerprint density at radius 2 is 1.53 bits per heavy atom. The highest BCUT2D eigenvalue weighted by molar-refractivity contribution is 5.75. The van der Waals surface area contributed by atoms with Crippen LogP contribution in [0.25, 0.3) is 11.1 Å². The van der Waals surface area contributed by atoms with Gasteiger partial charge < -0.3 is 24.4 Å². The van der Waals surface area contributed by atoms with Gasteiger partial charge in [-0.2, -0.15) is 26.3 Å². The Morgan fingerprint density at radius 3 is 2.15 bits per heavy atom. The highest BCUT2D eigenvalue weighted by atomic mass is 19.4. The summed E-state index contributed by atoms with van der Waals surface area (Å²) in [7, 11) is 1.47. The Hall–Kier alpha value is -4.52. The molecule has 0 spiro atoms. The SMILES string of the molecule is COc1ccc(C(C)C)cc1-c1ccc(C(F)(F)F)cc1CN(Cc1cc(O)cc(C(F)(F)F)c1)c1ncc(N2CCOCC2)cn1. The summed E-state index contributed by atoms with van der Waals surface area (Å²) in [6, 6.07) is 11.5. The number of methoxy groups -OCH3 is 1. The lowest BCUT2D eigenvalue weighted by atomic mass is 9.92. The molecule has 0 unspecified atom stereocenters. The first kappa shape index (κ1) is 33.8. The van der Waals surface area contributed by atoms with Crippen molar-refractivity contribution in [2.24, 2.45) is 0 Å². The Bertz CT molecular complexity index is 1690. The number of morpholine rings is 1. The monoisotopic (exact) mass is 660 g/mol. The Kier molecular flexibility index (Phi) is 9.85. The first-order chi connectivity index (χ1) is 22.2. The van der Waals surface area contributed by atoms with Gasteiger partial charge in [0.15, 0.2) is 0 Å². The smallest absolute Gasteiger partial charge is 0.416 e. The summed E-state index contributed by atoms with van der Waals surface area (Å²) >= 11 is 0. The fourth-order valence-corrected chi connectivity index (χ4v) is 5.47. The van der Waals surface area contributed by atoms with Crippen molar-refractivity contribution >= 4 is 11.6 Å². The molecule has 1 aromatic heterocycles. The zero-order valence-electron chi connectivity index (χ0n) is 26.0. The van der Waals surface area contributed by atoms with Crippen molar-refractivity contribution in [3.63, 3.8) is 0 Å². The molecule has 0 saturated carbocycles. The van der Waals surface area contributed by atoms with Crippen LogP contribution in [0.2, 0.25) is 0 Å². The van der Waals surface area contributed by atoms with Crippen LogP contribution < -0.4 is 14.5 Å². The highest BCUT2D eigenvalue weighted by Gasteiger charge is 2.33. The van der Waals surface area contributed by atoms with Gasteiger partial charge in [0.1, 0.15) is 11.5 Å². The minimum absolute atomic E-state index is 0.0612. The number of hydrogen-bond acceptors (Lipinski definition) is 7. The molecule has 13 heteroatoms. The molecule has 4 aromatic rings. The number of benzene rings is 3. The van der Waals surface area contributed by atoms with E-state index in [4.69, 9.17) is 9.47 Å². The van der Waals surface area contributed by atoms with Crippen molar-refractivity contribution in [1.29, 1.82) is 0 Å². The summed E-state index contributed by atoms with van der Waals surface area (Å²) in [5.74, 6) is 0.0235. The predicted molar refractivity (Wildman–Crippen MR) is 166 cm³/mol. The standard InChI is InChI=1S/C34H34F6N4O3/c1-21(2)23-4-7-31(46-3)30(15-23)29-6-5-25(33(35,36)37)14-24(29)20-44(19-22-12-26(34(38,39)40)16-28(45)13-22)32-41-17-27(18-42-32)43-8-10-47-11-9-43/h4-7,12-18,21,45H,8-11,19-20H2,1-3H3. The van der Waals surface area contributed by atoms with E-state index >= 15 is 0 Å². The third-order valence-corrected chi connectivity index (χ3v) is 7.94. The topological polar surface area (TPSA) is 71.0 Å². The second-order valence-corrected chi connectivity index (χ2v) is 11.6. The van der Waals surface area contributed by atoms with Gasteiger partial charge in [0, 0.05) is 31.7 Å². The molecule has 0 radical (unpaired) electrons. The molecule has 1 N–H and O–H groups in total. The van der Waals surface area contributed by atoms with Gasteiger partial charge in [-0.15, -0.1) is 0 Å². The molecule has 1 fully saturated rings.